The quantitative estimate of drug-likeness (QED) is 0.300. The van der Waals surface area contributed by atoms with Gasteiger partial charge in [-0.3, -0.25) is 10.8 Å². The summed E-state index contributed by atoms with van der Waals surface area (Å²) in [5.41, 5.74) is 6.78. The van der Waals surface area contributed by atoms with Crippen molar-refractivity contribution in [3.05, 3.63) is 18.2 Å². The number of anilines is 1. The summed E-state index contributed by atoms with van der Waals surface area (Å²) in [5, 5.41) is 19.8. The number of hydrogen-bond donors (Lipinski definition) is 3. The molecule has 0 amide bonds. The molecule has 0 bridgehead atoms. The van der Waals surface area contributed by atoms with Crippen LogP contribution in [0.25, 0.3) is 0 Å². The zero-order chi connectivity index (χ0) is 20.4. The summed E-state index contributed by atoms with van der Waals surface area (Å²) in [5.74, 6) is -0.674. The number of halogens is 2. The fourth-order valence-electron chi connectivity index (χ4n) is 2.24. The number of nitrogens with two attached hydrogens (primary N) is 1. The van der Waals surface area contributed by atoms with E-state index < -0.39 is 30.8 Å². The lowest BCUT2D eigenvalue weighted by atomic mass is 9.79. The third kappa shape index (κ3) is 4.72. The number of amidine groups is 1. The molecule has 1 fully saturated rings. The van der Waals surface area contributed by atoms with E-state index in [1.54, 1.807) is 12.1 Å². The Kier molecular flexibility index (Phi) is 5.72. The Morgan fingerprint density at radius 2 is 1.89 bits per heavy atom. The molecular weight excluding hydrogens is 359 g/mol. The fraction of sp³-hybridized carbons (Fsp3) is 0.438. The van der Waals surface area contributed by atoms with Crippen LogP contribution in [0, 0.1) is 16.7 Å². The van der Waals surface area contributed by atoms with Crippen LogP contribution >= 0.6 is 0 Å². The SMILES string of the molecule is CC1(C)OB(c2cc(N/N=C(\C#N)C(=N)N)cc(OC(F)F)c2)OC1(C)C. The number of hydrogen-bond acceptors (Lipinski definition) is 7. The van der Waals surface area contributed by atoms with Crippen molar-refractivity contribution in [3.8, 4) is 11.8 Å². The first kappa shape index (κ1) is 20.6. The molecule has 27 heavy (non-hydrogen) atoms. The molecule has 1 aromatic carbocycles. The summed E-state index contributed by atoms with van der Waals surface area (Å²) in [6, 6.07) is 5.84. The van der Waals surface area contributed by atoms with Crippen LogP contribution in [0.2, 0.25) is 0 Å². The largest absolute Gasteiger partial charge is 0.495 e. The van der Waals surface area contributed by atoms with Gasteiger partial charge in [0.2, 0.25) is 5.71 Å². The standard InChI is InChI=1S/C16H20BF2N5O3/c1-15(2)16(3,4)27-17(26-15)9-5-10(7-11(6-9)25-14(18)19)23-24-12(8-20)13(21)22/h5-7,14,23H,1-4H3,(H3,21,22)/b24-12+. The first-order valence-electron chi connectivity index (χ1n) is 7.99. The van der Waals surface area contributed by atoms with Gasteiger partial charge in [0, 0.05) is 6.07 Å². The summed E-state index contributed by atoms with van der Waals surface area (Å²) in [6.45, 7) is 4.43. The van der Waals surface area contributed by atoms with Crippen LogP contribution in [0.4, 0.5) is 14.5 Å². The minimum atomic E-state index is -3.03. The Balaban J connectivity index is 2.38. The molecule has 1 aliphatic heterocycles. The monoisotopic (exact) mass is 379 g/mol. The predicted molar refractivity (Wildman–Crippen MR) is 97.4 cm³/mol. The molecule has 1 saturated heterocycles. The van der Waals surface area contributed by atoms with Crippen LogP contribution in [0.1, 0.15) is 27.7 Å². The molecule has 0 aromatic heterocycles. The van der Waals surface area contributed by atoms with Crippen LogP contribution < -0.4 is 21.4 Å². The fourth-order valence-corrected chi connectivity index (χ4v) is 2.24. The van der Waals surface area contributed by atoms with Gasteiger partial charge in [-0.15, -0.1) is 0 Å². The zero-order valence-electron chi connectivity index (χ0n) is 15.3. The average Bonchev–Trinajstić information content (AvgIpc) is 2.75. The van der Waals surface area contributed by atoms with Crippen LogP contribution in [-0.4, -0.2) is 36.5 Å². The third-order valence-corrected chi connectivity index (χ3v) is 4.34. The van der Waals surface area contributed by atoms with Crippen molar-refractivity contribution in [2.45, 2.75) is 45.5 Å². The molecule has 0 spiro atoms. The van der Waals surface area contributed by atoms with Crippen LogP contribution in [0.3, 0.4) is 0 Å². The maximum absolute atomic E-state index is 12.7. The molecule has 1 heterocycles. The number of benzene rings is 1. The number of rotatable bonds is 6. The minimum absolute atomic E-state index is 0.142. The molecule has 0 radical (unpaired) electrons. The van der Waals surface area contributed by atoms with Gasteiger partial charge in [-0.25, -0.2) is 0 Å². The lowest BCUT2D eigenvalue weighted by Crippen LogP contribution is -2.41. The van der Waals surface area contributed by atoms with Gasteiger partial charge in [-0.05, 0) is 45.3 Å². The lowest BCUT2D eigenvalue weighted by Gasteiger charge is -2.32. The maximum atomic E-state index is 12.7. The number of nitrogens with one attached hydrogen (secondary N) is 2. The highest BCUT2D eigenvalue weighted by molar-refractivity contribution is 6.62. The van der Waals surface area contributed by atoms with Gasteiger partial charge in [-0.2, -0.15) is 19.1 Å². The van der Waals surface area contributed by atoms with Gasteiger partial charge in [-0.1, -0.05) is 0 Å². The molecule has 1 aromatic rings. The predicted octanol–water partition coefficient (Wildman–Crippen LogP) is 1.81. The van der Waals surface area contributed by atoms with E-state index in [1.165, 1.54) is 12.1 Å². The van der Waals surface area contributed by atoms with Crippen molar-refractivity contribution >= 4 is 29.8 Å². The van der Waals surface area contributed by atoms with E-state index in [9.17, 15) is 8.78 Å². The number of nitrogens with zero attached hydrogens (tertiary/aromatic N) is 2. The average molecular weight is 379 g/mol. The second-order valence-electron chi connectivity index (χ2n) is 6.86. The van der Waals surface area contributed by atoms with Crippen molar-refractivity contribution in [2.24, 2.45) is 10.8 Å². The topological polar surface area (TPSA) is 126 Å². The van der Waals surface area contributed by atoms with Crippen molar-refractivity contribution in [1.82, 2.24) is 0 Å². The molecule has 0 atom stereocenters. The molecule has 4 N–H and O–H groups in total. The molecular formula is C16H20BF2N5O3. The van der Waals surface area contributed by atoms with Gasteiger partial charge in [0.15, 0.2) is 5.84 Å². The van der Waals surface area contributed by atoms with Gasteiger partial charge >= 0.3 is 13.7 Å². The van der Waals surface area contributed by atoms with Crippen molar-refractivity contribution in [3.63, 3.8) is 0 Å². The Hall–Kier alpha value is -2.71. The van der Waals surface area contributed by atoms with Gasteiger partial charge < -0.3 is 19.8 Å². The molecule has 144 valence electrons. The van der Waals surface area contributed by atoms with E-state index in [1.807, 2.05) is 27.7 Å². The third-order valence-electron chi connectivity index (χ3n) is 4.34. The van der Waals surface area contributed by atoms with E-state index in [2.05, 4.69) is 15.3 Å². The van der Waals surface area contributed by atoms with E-state index in [4.69, 9.17) is 25.7 Å². The number of alkyl halides is 2. The lowest BCUT2D eigenvalue weighted by molar-refractivity contribution is -0.0497. The van der Waals surface area contributed by atoms with E-state index in [-0.39, 0.29) is 17.1 Å². The van der Waals surface area contributed by atoms with Crippen molar-refractivity contribution in [2.75, 3.05) is 5.43 Å². The summed E-state index contributed by atoms with van der Waals surface area (Å²) in [6.07, 6.45) is 0. The Labute approximate surface area is 155 Å². The van der Waals surface area contributed by atoms with Crippen LogP contribution in [-0.2, 0) is 9.31 Å². The summed E-state index contributed by atoms with van der Waals surface area (Å²) in [4.78, 5) is 0. The molecule has 0 unspecified atom stereocenters. The van der Waals surface area contributed by atoms with Gasteiger partial charge in [0.05, 0.1) is 16.9 Å². The smallest absolute Gasteiger partial charge is 0.435 e. The Bertz CT molecular complexity index is 792. The number of nitriles is 1. The molecule has 0 aliphatic carbocycles. The van der Waals surface area contributed by atoms with E-state index in [0.717, 1.165) is 0 Å². The molecule has 0 saturated carbocycles. The Morgan fingerprint density at radius 3 is 2.37 bits per heavy atom. The number of hydrazone groups is 1. The second-order valence-corrected chi connectivity index (χ2v) is 6.86. The van der Waals surface area contributed by atoms with Crippen LogP contribution in [0.15, 0.2) is 23.3 Å². The second kappa shape index (κ2) is 7.50. The normalized spacial score (nSPS) is 18.3. The highest BCUT2D eigenvalue weighted by atomic mass is 19.3. The summed E-state index contributed by atoms with van der Waals surface area (Å²) in [7, 11) is -0.816. The van der Waals surface area contributed by atoms with E-state index in [0.29, 0.717) is 5.46 Å². The highest BCUT2D eigenvalue weighted by Crippen LogP contribution is 2.37. The Morgan fingerprint density at radius 1 is 1.30 bits per heavy atom. The molecule has 2 rings (SSSR count). The zero-order valence-corrected chi connectivity index (χ0v) is 15.3. The van der Waals surface area contributed by atoms with Gasteiger partial charge in [0.1, 0.15) is 11.8 Å². The number of ether oxygens (including phenoxy) is 1. The summed E-state index contributed by atoms with van der Waals surface area (Å²) >= 11 is 0. The van der Waals surface area contributed by atoms with Crippen molar-refractivity contribution < 1.29 is 22.8 Å². The molecule has 1 aliphatic rings. The van der Waals surface area contributed by atoms with Gasteiger partial charge in [0.25, 0.3) is 0 Å². The first-order chi connectivity index (χ1) is 12.4. The minimum Gasteiger partial charge on any atom is -0.435 e. The molecule has 8 nitrogen and oxygen atoms in total. The summed E-state index contributed by atoms with van der Waals surface area (Å²) < 4.78 is 41.6. The van der Waals surface area contributed by atoms with Crippen LogP contribution in [0.5, 0.6) is 5.75 Å². The van der Waals surface area contributed by atoms with E-state index >= 15 is 0 Å². The first-order valence-corrected chi connectivity index (χ1v) is 7.99. The molecule has 11 heteroatoms. The van der Waals surface area contributed by atoms with Crippen molar-refractivity contribution in [1.29, 1.82) is 10.7 Å². The maximum Gasteiger partial charge on any atom is 0.495 e. The highest BCUT2D eigenvalue weighted by Gasteiger charge is 2.51.